The largest absolute Gasteiger partial charge is 0.482 e. The normalized spacial score (nSPS) is 27.5. The van der Waals surface area contributed by atoms with Gasteiger partial charge in [0.25, 0.3) is 0 Å². The van der Waals surface area contributed by atoms with Gasteiger partial charge >= 0.3 is 0 Å². The summed E-state index contributed by atoms with van der Waals surface area (Å²) in [6, 6.07) is 10.2. The number of aliphatic hydroxyl groups is 4. The molecular formula is C27H36O7. The number of aliphatic hydroxyl groups excluding tert-OH is 4. The van der Waals surface area contributed by atoms with Crippen molar-refractivity contribution in [2.45, 2.75) is 89.7 Å². The molecule has 3 unspecified atom stereocenters. The molecule has 2 aromatic carbocycles. The van der Waals surface area contributed by atoms with E-state index in [1.165, 1.54) is 0 Å². The lowest BCUT2D eigenvalue weighted by molar-refractivity contribution is -0.277. The van der Waals surface area contributed by atoms with Gasteiger partial charge in [0.05, 0.1) is 12.2 Å². The van der Waals surface area contributed by atoms with Crippen molar-refractivity contribution in [1.29, 1.82) is 0 Å². The third kappa shape index (κ3) is 4.68. The highest BCUT2D eigenvalue weighted by Crippen LogP contribution is 2.50. The number of fused-ring (bicyclic) bond motifs is 3. The lowest BCUT2D eigenvalue weighted by atomic mass is 9.84. The lowest BCUT2D eigenvalue weighted by Gasteiger charge is -2.40. The van der Waals surface area contributed by atoms with Crippen LogP contribution in [0.1, 0.15) is 56.7 Å². The minimum atomic E-state index is -1.51. The Labute approximate surface area is 200 Å². The fourth-order valence-corrected chi connectivity index (χ4v) is 4.82. The summed E-state index contributed by atoms with van der Waals surface area (Å²) in [6.45, 7) is 7.74. The average Bonchev–Trinajstić information content (AvgIpc) is 2.78. The van der Waals surface area contributed by atoms with E-state index >= 15 is 0 Å². The van der Waals surface area contributed by atoms with Crippen LogP contribution >= 0.6 is 0 Å². The molecule has 4 N–H and O–H groups in total. The van der Waals surface area contributed by atoms with Gasteiger partial charge in [-0.15, -0.1) is 0 Å². The van der Waals surface area contributed by atoms with E-state index < -0.39 is 42.9 Å². The van der Waals surface area contributed by atoms with E-state index in [9.17, 15) is 20.4 Å². The third-order valence-corrected chi connectivity index (χ3v) is 6.74. The number of rotatable bonds is 7. The highest BCUT2D eigenvalue weighted by molar-refractivity contribution is 5.82. The van der Waals surface area contributed by atoms with Crippen molar-refractivity contribution in [2.75, 3.05) is 6.61 Å². The van der Waals surface area contributed by atoms with Crippen molar-refractivity contribution in [3.63, 3.8) is 0 Å². The highest BCUT2D eigenvalue weighted by atomic mass is 16.7. The zero-order chi connectivity index (χ0) is 24.6. The van der Waals surface area contributed by atoms with Crippen molar-refractivity contribution < 1.29 is 34.6 Å². The first-order valence-corrected chi connectivity index (χ1v) is 12.1. The second-order valence-electron chi connectivity index (χ2n) is 9.90. The van der Waals surface area contributed by atoms with E-state index in [0.717, 1.165) is 53.5 Å². The molecule has 0 bridgehead atoms. The summed E-state index contributed by atoms with van der Waals surface area (Å²) in [5.41, 5.74) is 4.34. The van der Waals surface area contributed by atoms with Crippen LogP contribution in [-0.2, 0) is 16.8 Å². The molecule has 0 aliphatic carbocycles. The molecule has 4 rings (SSSR count). The molecule has 2 aromatic rings. The first-order chi connectivity index (χ1) is 16.2. The number of unbranched alkanes of at least 4 members (excludes halogenated alkanes) is 2. The maximum absolute atomic E-state index is 10.6. The minimum absolute atomic E-state index is 0.468. The topological polar surface area (TPSA) is 109 Å². The second-order valence-corrected chi connectivity index (χ2v) is 9.90. The Bertz CT molecular complexity index is 1020. The monoisotopic (exact) mass is 472 g/mol. The highest BCUT2D eigenvalue weighted by Gasteiger charge is 2.45. The van der Waals surface area contributed by atoms with Crippen LogP contribution in [-0.4, -0.2) is 57.7 Å². The first kappa shape index (κ1) is 24.9. The van der Waals surface area contributed by atoms with Crippen LogP contribution in [0.25, 0.3) is 11.1 Å². The molecule has 34 heavy (non-hydrogen) atoms. The molecule has 2 aliphatic heterocycles. The minimum Gasteiger partial charge on any atom is -0.482 e. The number of hydrogen-bond donors (Lipinski definition) is 4. The summed E-state index contributed by atoms with van der Waals surface area (Å²) >= 11 is 0. The molecule has 0 spiro atoms. The Morgan fingerprint density at radius 2 is 1.76 bits per heavy atom. The van der Waals surface area contributed by atoms with Crippen molar-refractivity contribution >= 4 is 0 Å². The van der Waals surface area contributed by atoms with Crippen molar-refractivity contribution in [1.82, 2.24) is 0 Å². The molecule has 0 radical (unpaired) electrons. The molecular weight excluding hydrogens is 436 g/mol. The van der Waals surface area contributed by atoms with E-state index in [0.29, 0.717) is 11.5 Å². The fourth-order valence-electron chi connectivity index (χ4n) is 4.82. The van der Waals surface area contributed by atoms with Crippen molar-refractivity contribution in [3.05, 3.63) is 47.0 Å². The molecule has 0 saturated carbocycles. The predicted octanol–water partition coefficient (Wildman–Crippen LogP) is 3.20. The smallest absolute Gasteiger partial charge is 0.229 e. The molecule has 1 fully saturated rings. The molecule has 7 nitrogen and oxygen atoms in total. The molecule has 0 amide bonds. The molecule has 186 valence electrons. The van der Waals surface area contributed by atoms with Crippen LogP contribution in [0.5, 0.6) is 11.5 Å². The summed E-state index contributed by atoms with van der Waals surface area (Å²) in [5, 5.41) is 40.5. The Morgan fingerprint density at radius 3 is 2.47 bits per heavy atom. The van der Waals surface area contributed by atoms with Crippen molar-refractivity contribution in [3.8, 4) is 22.6 Å². The van der Waals surface area contributed by atoms with Gasteiger partial charge in [0.2, 0.25) is 6.29 Å². The fraction of sp³-hybridized carbons (Fsp3) is 0.556. The van der Waals surface area contributed by atoms with Crippen LogP contribution in [0, 0.1) is 6.92 Å². The van der Waals surface area contributed by atoms with Gasteiger partial charge in [-0.2, -0.15) is 0 Å². The van der Waals surface area contributed by atoms with Gasteiger partial charge < -0.3 is 34.6 Å². The van der Waals surface area contributed by atoms with Gasteiger partial charge in [-0.1, -0.05) is 43.5 Å². The zero-order valence-electron chi connectivity index (χ0n) is 20.3. The Kier molecular flexibility index (Phi) is 7.22. The Balaban J connectivity index is 1.79. The van der Waals surface area contributed by atoms with Crippen molar-refractivity contribution in [2.24, 2.45) is 0 Å². The first-order valence-electron chi connectivity index (χ1n) is 12.1. The molecule has 0 aromatic heterocycles. The number of ether oxygens (including phenoxy) is 3. The summed E-state index contributed by atoms with van der Waals surface area (Å²) in [6.07, 6.45) is -2.68. The SMILES string of the molecule is CCCCCc1cc(O[C@@H]2OC(CO)[C@@H](O)C(O)C2O)c2c(c1)OC(C)(C)c1ccc(C)cc1-2. The number of hydrogen-bond acceptors (Lipinski definition) is 7. The van der Waals surface area contributed by atoms with E-state index in [1.807, 2.05) is 32.9 Å². The second kappa shape index (κ2) is 9.84. The van der Waals surface area contributed by atoms with Gasteiger partial charge in [-0.05, 0) is 56.9 Å². The zero-order valence-corrected chi connectivity index (χ0v) is 20.3. The molecule has 2 aliphatic rings. The van der Waals surface area contributed by atoms with Gasteiger partial charge in [-0.25, -0.2) is 0 Å². The van der Waals surface area contributed by atoms with Gasteiger partial charge in [0.15, 0.2) is 0 Å². The van der Waals surface area contributed by atoms with Crippen LogP contribution in [0.4, 0.5) is 0 Å². The van der Waals surface area contributed by atoms with E-state index in [2.05, 4.69) is 25.1 Å². The summed E-state index contributed by atoms with van der Waals surface area (Å²) in [5.74, 6) is 1.16. The van der Waals surface area contributed by atoms with Crippen LogP contribution in [0.3, 0.4) is 0 Å². The Hall–Kier alpha value is -2.16. The lowest BCUT2D eigenvalue weighted by Crippen LogP contribution is -2.60. The average molecular weight is 473 g/mol. The number of aryl methyl sites for hydroxylation is 2. The quantitative estimate of drug-likeness (QED) is 0.458. The van der Waals surface area contributed by atoms with Crippen LogP contribution in [0.15, 0.2) is 30.3 Å². The Morgan fingerprint density at radius 1 is 1.00 bits per heavy atom. The summed E-state index contributed by atoms with van der Waals surface area (Å²) in [4.78, 5) is 0. The standard InChI is InChI=1S/C27H36O7/c1-5-6-7-8-16-12-19(32-26-25(31)24(30)23(29)21(14-28)33-26)22-17-11-15(2)9-10-18(17)27(3,4)34-20(22)13-16/h9-13,21,23-26,28-31H,5-8,14H2,1-4H3/t21?,23-,24?,25?,26-/m1/s1. The molecule has 2 heterocycles. The van der Waals surface area contributed by atoms with E-state index in [1.54, 1.807) is 0 Å². The van der Waals surface area contributed by atoms with Gasteiger partial charge in [0, 0.05) is 5.56 Å². The molecule has 5 atom stereocenters. The van der Waals surface area contributed by atoms with E-state index in [-0.39, 0.29) is 0 Å². The third-order valence-electron chi connectivity index (χ3n) is 6.74. The molecule has 7 heteroatoms. The van der Waals surface area contributed by atoms with Gasteiger partial charge in [-0.3, -0.25) is 0 Å². The number of benzene rings is 2. The predicted molar refractivity (Wildman–Crippen MR) is 128 cm³/mol. The van der Waals surface area contributed by atoms with Crippen LogP contribution in [0.2, 0.25) is 0 Å². The maximum atomic E-state index is 10.6. The van der Waals surface area contributed by atoms with Gasteiger partial charge in [0.1, 0.15) is 41.5 Å². The van der Waals surface area contributed by atoms with Crippen LogP contribution < -0.4 is 9.47 Å². The maximum Gasteiger partial charge on any atom is 0.229 e. The summed E-state index contributed by atoms with van der Waals surface area (Å²) in [7, 11) is 0. The van der Waals surface area contributed by atoms with E-state index in [4.69, 9.17) is 14.2 Å². The molecule has 1 saturated heterocycles. The summed E-state index contributed by atoms with van der Waals surface area (Å²) < 4.78 is 18.3.